The van der Waals surface area contributed by atoms with Gasteiger partial charge in [-0.15, -0.1) is 0 Å². The molecule has 0 radical (unpaired) electrons. The molecule has 20 heavy (non-hydrogen) atoms. The predicted octanol–water partition coefficient (Wildman–Crippen LogP) is 0.908. The lowest BCUT2D eigenvalue weighted by molar-refractivity contribution is -0.132. The third-order valence-corrected chi connectivity index (χ3v) is 4.37. The van der Waals surface area contributed by atoms with Crippen LogP contribution in [0.2, 0.25) is 0 Å². The molecule has 0 aliphatic carbocycles. The van der Waals surface area contributed by atoms with E-state index in [1.54, 1.807) is 0 Å². The van der Waals surface area contributed by atoms with Crippen LogP contribution >= 0.6 is 0 Å². The lowest BCUT2D eigenvalue weighted by atomic mass is 9.99. The number of carbonyl (C=O) groups excluding carboxylic acids is 1. The topological polar surface area (TPSA) is 35.6 Å². The first-order valence-corrected chi connectivity index (χ1v) is 7.59. The second-order valence-corrected chi connectivity index (χ2v) is 5.76. The Balaban J connectivity index is 1.51. The van der Waals surface area contributed by atoms with Crippen molar-refractivity contribution in [3.05, 3.63) is 35.9 Å². The fourth-order valence-electron chi connectivity index (χ4n) is 3.18. The number of rotatable bonds is 3. The molecular weight excluding hydrogens is 250 g/mol. The molecule has 4 nitrogen and oxygen atoms in total. The van der Waals surface area contributed by atoms with E-state index in [2.05, 4.69) is 40.5 Å². The van der Waals surface area contributed by atoms with Gasteiger partial charge in [-0.05, 0) is 24.4 Å². The van der Waals surface area contributed by atoms with Crippen LogP contribution in [-0.4, -0.2) is 61.5 Å². The number of nitrogens with one attached hydrogen (secondary N) is 1. The van der Waals surface area contributed by atoms with Crippen molar-refractivity contribution in [1.82, 2.24) is 15.1 Å². The zero-order chi connectivity index (χ0) is 13.8. The van der Waals surface area contributed by atoms with Crippen LogP contribution in [0.4, 0.5) is 0 Å². The van der Waals surface area contributed by atoms with Gasteiger partial charge in [0.15, 0.2) is 0 Å². The van der Waals surface area contributed by atoms with E-state index in [9.17, 15) is 4.79 Å². The summed E-state index contributed by atoms with van der Waals surface area (Å²) < 4.78 is 0. The highest BCUT2D eigenvalue weighted by Gasteiger charge is 2.26. The number of hydrogen-bond acceptors (Lipinski definition) is 3. The van der Waals surface area contributed by atoms with E-state index in [1.807, 2.05) is 4.90 Å². The second-order valence-electron chi connectivity index (χ2n) is 5.76. The molecule has 2 heterocycles. The quantitative estimate of drug-likeness (QED) is 0.889. The Hall–Kier alpha value is -1.39. The summed E-state index contributed by atoms with van der Waals surface area (Å²) in [6.07, 6.45) is 1.17. The summed E-state index contributed by atoms with van der Waals surface area (Å²) in [4.78, 5) is 16.6. The van der Waals surface area contributed by atoms with E-state index in [1.165, 1.54) is 12.0 Å². The lowest BCUT2D eigenvalue weighted by Gasteiger charge is -2.29. The van der Waals surface area contributed by atoms with Gasteiger partial charge in [-0.3, -0.25) is 9.69 Å². The molecule has 3 rings (SSSR count). The number of likely N-dealkylation sites (tertiary alicyclic amines) is 1. The Bertz CT molecular complexity index is 442. The molecule has 4 heteroatoms. The molecule has 1 unspecified atom stereocenters. The number of nitrogens with zero attached hydrogens (tertiary/aromatic N) is 2. The maximum Gasteiger partial charge on any atom is 0.236 e. The largest absolute Gasteiger partial charge is 0.339 e. The van der Waals surface area contributed by atoms with Crippen molar-refractivity contribution in [2.45, 2.75) is 12.3 Å². The summed E-state index contributed by atoms with van der Waals surface area (Å²) in [6, 6.07) is 10.7. The molecule has 2 aliphatic heterocycles. The van der Waals surface area contributed by atoms with E-state index in [0.29, 0.717) is 18.4 Å². The van der Waals surface area contributed by atoms with Crippen molar-refractivity contribution in [2.75, 3.05) is 45.8 Å². The van der Waals surface area contributed by atoms with Crippen LogP contribution in [-0.2, 0) is 4.79 Å². The average molecular weight is 273 g/mol. The number of hydrogen-bond donors (Lipinski definition) is 1. The van der Waals surface area contributed by atoms with Gasteiger partial charge in [-0.25, -0.2) is 0 Å². The van der Waals surface area contributed by atoms with Gasteiger partial charge >= 0.3 is 0 Å². The Morgan fingerprint density at radius 3 is 2.65 bits per heavy atom. The Morgan fingerprint density at radius 1 is 1.15 bits per heavy atom. The Labute approximate surface area is 120 Å². The molecule has 108 valence electrons. The zero-order valence-corrected chi connectivity index (χ0v) is 11.9. The van der Waals surface area contributed by atoms with Gasteiger partial charge in [0.25, 0.3) is 0 Å². The predicted molar refractivity (Wildman–Crippen MR) is 79.7 cm³/mol. The minimum absolute atomic E-state index is 0.292. The monoisotopic (exact) mass is 273 g/mol. The minimum atomic E-state index is 0.292. The molecule has 2 saturated heterocycles. The maximum atomic E-state index is 12.3. The minimum Gasteiger partial charge on any atom is -0.339 e. The van der Waals surface area contributed by atoms with Gasteiger partial charge in [-0.1, -0.05) is 30.3 Å². The van der Waals surface area contributed by atoms with Crippen molar-refractivity contribution in [1.29, 1.82) is 0 Å². The molecule has 0 spiro atoms. The van der Waals surface area contributed by atoms with Crippen molar-refractivity contribution in [3.8, 4) is 0 Å². The third kappa shape index (κ3) is 3.19. The molecule has 1 amide bonds. The van der Waals surface area contributed by atoms with Crippen LogP contribution in [0.3, 0.4) is 0 Å². The number of piperazine rings is 1. The van der Waals surface area contributed by atoms with Gasteiger partial charge in [0.1, 0.15) is 0 Å². The van der Waals surface area contributed by atoms with Crippen LogP contribution in [0, 0.1) is 0 Å². The van der Waals surface area contributed by atoms with Gasteiger partial charge in [0.05, 0.1) is 6.54 Å². The molecule has 2 fully saturated rings. The van der Waals surface area contributed by atoms with Gasteiger partial charge < -0.3 is 10.2 Å². The van der Waals surface area contributed by atoms with Crippen molar-refractivity contribution in [3.63, 3.8) is 0 Å². The normalized spacial score (nSPS) is 24.0. The van der Waals surface area contributed by atoms with Gasteiger partial charge in [0.2, 0.25) is 5.91 Å². The molecule has 1 aromatic carbocycles. The van der Waals surface area contributed by atoms with Crippen LogP contribution < -0.4 is 5.32 Å². The summed E-state index contributed by atoms with van der Waals surface area (Å²) in [5, 5.41) is 3.28. The maximum absolute atomic E-state index is 12.3. The second kappa shape index (κ2) is 6.37. The van der Waals surface area contributed by atoms with Crippen LogP contribution in [0.25, 0.3) is 0 Å². The molecule has 2 aliphatic rings. The number of benzene rings is 1. The van der Waals surface area contributed by atoms with E-state index in [-0.39, 0.29) is 0 Å². The van der Waals surface area contributed by atoms with Crippen LogP contribution in [0.15, 0.2) is 30.3 Å². The Morgan fingerprint density at radius 2 is 1.90 bits per heavy atom. The first-order valence-electron chi connectivity index (χ1n) is 7.59. The molecule has 0 aromatic heterocycles. The summed E-state index contributed by atoms with van der Waals surface area (Å²) in [5.74, 6) is 0.882. The van der Waals surface area contributed by atoms with Crippen LogP contribution in [0.1, 0.15) is 17.9 Å². The van der Waals surface area contributed by atoms with Crippen LogP contribution in [0.5, 0.6) is 0 Å². The SMILES string of the molecule is O=C(CN1CCC(c2ccccc2)C1)N1CCNCC1. The Kier molecular flexibility index (Phi) is 4.33. The molecule has 1 N–H and O–H groups in total. The van der Waals surface area contributed by atoms with E-state index in [4.69, 9.17) is 0 Å². The standard InChI is InChI=1S/C16H23N3O/c20-16(19-10-7-17-8-11-19)13-18-9-6-15(12-18)14-4-2-1-3-5-14/h1-5,15,17H,6-13H2. The summed E-state index contributed by atoms with van der Waals surface area (Å²) in [7, 11) is 0. The molecule has 1 aromatic rings. The first-order chi connectivity index (χ1) is 9.83. The van der Waals surface area contributed by atoms with Crippen molar-refractivity contribution < 1.29 is 4.79 Å². The number of amides is 1. The van der Waals surface area contributed by atoms with E-state index < -0.39 is 0 Å². The summed E-state index contributed by atoms with van der Waals surface area (Å²) >= 11 is 0. The third-order valence-electron chi connectivity index (χ3n) is 4.37. The summed E-state index contributed by atoms with van der Waals surface area (Å²) in [5.41, 5.74) is 1.41. The average Bonchev–Trinajstić information content (AvgIpc) is 2.97. The summed E-state index contributed by atoms with van der Waals surface area (Å²) in [6.45, 7) is 6.21. The smallest absolute Gasteiger partial charge is 0.236 e. The molecule has 0 saturated carbocycles. The highest BCUT2D eigenvalue weighted by Crippen LogP contribution is 2.26. The van der Waals surface area contributed by atoms with Crippen molar-refractivity contribution >= 4 is 5.91 Å². The van der Waals surface area contributed by atoms with Crippen molar-refractivity contribution in [2.24, 2.45) is 0 Å². The zero-order valence-electron chi connectivity index (χ0n) is 11.9. The number of carbonyl (C=O) groups is 1. The molecule has 1 atom stereocenters. The highest BCUT2D eigenvalue weighted by molar-refractivity contribution is 5.78. The van der Waals surface area contributed by atoms with E-state index in [0.717, 1.165) is 39.3 Å². The van der Waals surface area contributed by atoms with Gasteiger partial charge in [0, 0.05) is 32.7 Å². The fourth-order valence-corrected chi connectivity index (χ4v) is 3.18. The molecule has 0 bridgehead atoms. The lowest BCUT2D eigenvalue weighted by Crippen LogP contribution is -2.49. The van der Waals surface area contributed by atoms with Gasteiger partial charge in [-0.2, -0.15) is 0 Å². The highest BCUT2D eigenvalue weighted by atomic mass is 16.2. The fraction of sp³-hybridized carbons (Fsp3) is 0.562. The van der Waals surface area contributed by atoms with E-state index >= 15 is 0 Å². The molecular formula is C16H23N3O. The first kappa shape index (κ1) is 13.6.